The van der Waals surface area contributed by atoms with Gasteiger partial charge in [0.05, 0.1) is 20.1 Å². The maximum Gasteiger partial charge on any atom is 0.225 e. The molecule has 0 aliphatic carbocycles. The summed E-state index contributed by atoms with van der Waals surface area (Å²) in [5.74, 6) is 0.853. The van der Waals surface area contributed by atoms with E-state index in [-0.39, 0.29) is 17.0 Å². The van der Waals surface area contributed by atoms with Crippen LogP contribution in [0.2, 0.25) is 0 Å². The van der Waals surface area contributed by atoms with E-state index >= 15 is 0 Å². The summed E-state index contributed by atoms with van der Waals surface area (Å²) < 4.78 is 7.54. The molecule has 0 amide bonds. The van der Waals surface area contributed by atoms with Gasteiger partial charge in [-0.25, -0.2) is 0 Å². The van der Waals surface area contributed by atoms with Gasteiger partial charge >= 0.3 is 0 Å². The fourth-order valence-corrected chi connectivity index (χ4v) is 3.84. The number of benzene rings is 2. The zero-order valence-electron chi connectivity index (χ0n) is 14.4. The summed E-state index contributed by atoms with van der Waals surface area (Å²) in [6.45, 7) is 1.83. The van der Waals surface area contributed by atoms with E-state index < -0.39 is 5.72 Å². The van der Waals surface area contributed by atoms with E-state index in [0.29, 0.717) is 6.42 Å². The second-order valence-electron chi connectivity index (χ2n) is 6.49. The average molecular weight is 404 g/mol. The third kappa shape index (κ3) is 3.07. The quantitative estimate of drug-likeness (QED) is 0.798. The Morgan fingerprint density at radius 2 is 1.76 bits per heavy atom. The summed E-state index contributed by atoms with van der Waals surface area (Å²) in [5, 5.41) is 13.7. The fourth-order valence-electron chi connectivity index (χ4n) is 3.84. The molecule has 2 aliphatic heterocycles. The maximum atomic E-state index is 11.5. The lowest BCUT2D eigenvalue weighted by atomic mass is 9.94. The van der Waals surface area contributed by atoms with Gasteiger partial charge in [0.15, 0.2) is 6.54 Å². The van der Waals surface area contributed by atoms with Crippen molar-refractivity contribution in [3.8, 4) is 5.75 Å². The Kier molecular flexibility index (Phi) is 5.16. The second kappa shape index (κ2) is 7.18. The van der Waals surface area contributed by atoms with Crippen molar-refractivity contribution in [2.45, 2.75) is 25.0 Å². The van der Waals surface area contributed by atoms with Crippen LogP contribution in [0.5, 0.6) is 5.75 Å². The van der Waals surface area contributed by atoms with Gasteiger partial charge in [-0.1, -0.05) is 30.3 Å². The van der Waals surface area contributed by atoms with Crippen molar-refractivity contribution in [3.63, 3.8) is 0 Å². The molecule has 0 bridgehead atoms. The normalized spacial score (nSPS) is 22.4. The van der Waals surface area contributed by atoms with Gasteiger partial charge in [-0.15, -0.1) is 26.7 Å². The molecule has 0 spiro atoms. The fraction of sp³-hybridized carbons (Fsp3) is 0.350. The molecule has 0 aromatic heterocycles. The largest absolute Gasteiger partial charge is 0.497 e. The van der Waals surface area contributed by atoms with Gasteiger partial charge in [-0.3, -0.25) is 0 Å². The van der Waals surface area contributed by atoms with Crippen LogP contribution in [-0.2, 0) is 5.72 Å². The summed E-state index contributed by atoms with van der Waals surface area (Å²) in [4.78, 5) is 0. The summed E-state index contributed by atoms with van der Waals surface area (Å²) >= 11 is 0. The zero-order chi connectivity index (χ0) is 16.6. The summed E-state index contributed by atoms with van der Waals surface area (Å²) in [5.41, 5.74) is 2.33. The third-order valence-electron chi connectivity index (χ3n) is 5.09. The smallest absolute Gasteiger partial charge is 0.225 e. The Balaban J connectivity index is 0.00000182. The highest BCUT2D eigenvalue weighted by Gasteiger charge is 2.52. The van der Waals surface area contributed by atoms with E-state index in [1.54, 1.807) is 7.11 Å². The first-order chi connectivity index (χ1) is 11.7. The highest BCUT2D eigenvalue weighted by atomic mass is 79.9. The number of rotatable bonds is 3. The number of halogens is 1. The molecule has 2 heterocycles. The monoisotopic (exact) mass is 403 g/mol. The van der Waals surface area contributed by atoms with E-state index in [2.05, 4.69) is 21.8 Å². The van der Waals surface area contributed by atoms with Crippen LogP contribution in [0.25, 0.3) is 0 Å². The summed E-state index contributed by atoms with van der Waals surface area (Å²) in [7, 11) is 1.68. The Morgan fingerprint density at radius 1 is 1.04 bits per heavy atom. The number of aliphatic hydroxyl groups is 1. The molecule has 5 heteroatoms. The number of nitrogens with zero attached hydrogens (tertiary/aromatic N) is 2. The van der Waals surface area contributed by atoms with E-state index in [1.807, 2.05) is 42.5 Å². The first-order valence-electron chi connectivity index (χ1n) is 8.55. The van der Waals surface area contributed by atoms with E-state index in [0.717, 1.165) is 42.8 Å². The predicted octanol–water partition coefficient (Wildman–Crippen LogP) is 3.33. The molecule has 2 aliphatic rings. The van der Waals surface area contributed by atoms with Crippen LogP contribution in [-0.4, -0.2) is 40.7 Å². The lowest BCUT2D eigenvalue weighted by molar-refractivity contribution is -0.717. The third-order valence-corrected chi connectivity index (χ3v) is 5.09. The zero-order valence-corrected chi connectivity index (χ0v) is 16.1. The minimum absolute atomic E-state index is 0. The van der Waals surface area contributed by atoms with Gasteiger partial charge < -0.3 is 9.84 Å². The van der Waals surface area contributed by atoms with Gasteiger partial charge in [0.2, 0.25) is 11.4 Å². The molecular formula is C20H24BrN2O2+. The molecule has 132 valence electrons. The van der Waals surface area contributed by atoms with Crippen LogP contribution in [0.1, 0.15) is 30.4 Å². The first-order valence-corrected chi connectivity index (χ1v) is 8.55. The van der Waals surface area contributed by atoms with Crippen molar-refractivity contribution in [3.05, 3.63) is 65.7 Å². The predicted molar refractivity (Wildman–Crippen MR) is 103 cm³/mol. The minimum atomic E-state index is -0.961. The lowest BCUT2D eigenvalue weighted by Crippen LogP contribution is -2.49. The number of hydrazone groups is 1. The van der Waals surface area contributed by atoms with Crippen molar-refractivity contribution < 1.29 is 14.5 Å². The van der Waals surface area contributed by atoms with E-state index in [1.165, 1.54) is 5.71 Å². The molecule has 1 unspecified atom stereocenters. The van der Waals surface area contributed by atoms with Gasteiger partial charge in [-0.2, -0.15) is 0 Å². The molecule has 1 saturated heterocycles. The topological polar surface area (TPSA) is 35.7 Å². The van der Waals surface area contributed by atoms with Crippen LogP contribution in [0.4, 0.5) is 0 Å². The Hall–Kier alpha value is -1.85. The molecule has 4 nitrogen and oxygen atoms in total. The van der Waals surface area contributed by atoms with Crippen LogP contribution in [0.15, 0.2) is 54.6 Å². The standard InChI is InChI=1S/C20H23N2O2.BrH/c1-24-18-11-9-16(10-12-18)19-15-20(23,17-7-3-2-4-8-17)22-14-6-5-13-21(19)22;/h2-4,7-12,23H,5-6,13-15H2,1H3;1H/q+1;. The molecule has 2 aromatic rings. The SMILES string of the molecule is Br.COc1ccc(C2=[N+]3CCCCN3C(O)(c3ccccc3)C2)cc1. The summed E-state index contributed by atoms with van der Waals surface area (Å²) in [6.07, 6.45) is 2.87. The molecule has 4 rings (SSSR count). The Labute approximate surface area is 159 Å². The number of hydrogen-bond acceptors (Lipinski definition) is 3. The van der Waals surface area contributed by atoms with Crippen LogP contribution in [0.3, 0.4) is 0 Å². The molecule has 2 aromatic carbocycles. The number of hydrogen-bond donors (Lipinski definition) is 1. The Bertz CT molecular complexity index is 761. The van der Waals surface area contributed by atoms with Gasteiger partial charge in [0.25, 0.3) is 0 Å². The molecule has 0 radical (unpaired) electrons. The van der Waals surface area contributed by atoms with Gasteiger partial charge in [-0.05, 0) is 30.7 Å². The average Bonchev–Trinajstić information content (AvgIpc) is 2.97. The maximum absolute atomic E-state index is 11.5. The van der Waals surface area contributed by atoms with Crippen molar-refractivity contribution in [1.29, 1.82) is 0 Å². The van der Waals surface area contributed by atoms with Crippen LogP contribution < -0.4 is 4.74 Å². The van der Waals surface area contributed by atoms with Crippen LogP contribution in [0, 0.1) is 0 Å². The number of methoxy groups -OCH3 is 1. The molecule has 1 N–H and O–H groups in total. The van der Waals surface area contributed by atoms with Crippen molar-refractivity contribution in [2.24, 2.45) is 0 Å². The molecule has 1 fully saturated rings. The van der Waals surface area contributed by atoms with Crippen LogP contribution >= 0.6 is 17.0 Å². The lowest BCUT2D eigenvalue weighted by Gasteiger charge is -2.33. The molecule has 25 heavy (non-hydrogen) atoms. The van der Waals surface area contributed by atoms with Gasteiger partial charge in [0, 0.05) is 17.5 Å². The van der Waals surface area contributed by atoms with Crippen molar-refractivity contribution in [2.75, 3.05) is 20.2 Å². The number of fused-ring (bicyclic) bond motifs is 1. The first kappa shape index (κ1) is 18.0. The number of ether oxygens (including phenoxy) is 1. The minimum Gasteiger partial charge on any atom is -0.497 e. The number of hydrazine groups is 1. The van der Waals surface area contributed by atoms with E-state index in [9.17, 15) is 5.11 Å². The Morgan fingerprint density at radius 3 is 2.44 bits per heavy atom. The highest BCUT2D eigenvalue weighted by Crippen LogP contribution is 2.38. The highest BCUT2D eigenvalue weighted by molar-refractivity contribution is 8.93. The van der Waals surface area contributed by atoms with Crippen molar-refractivity contribution >= 4 is 22.7 Å². The molecular weight excluding hydrogens is 380 g/mol. The van der Waals surface area contributed by atoms with Gasteiger partial charge in [0.1, 0.15) is 5.75 Å². The van der Waals surface area contributed by atoms with E-state index in [4.69, 9.17) is 4.74 Å². The second-order valence-corrected chi connectivity index (χ2v) is 6.49. The molecule has 1 atom stereocenters. The molecule has 0 saturated carbocycles. The summed E-state index contributed by atoms with van der Waals surface area (Å²) in [6, 6.07) is 18.1. The van der Waals surface area contributed by atoms with Crippen molar-refractivity contribution in [1.82, 2.24) is 5.01 Å².